The Labute approximate surface area is 122 Å². The molecule has 12 heteroatoms. The Hall–Kier alpha value is -1.21. The minimum Gasteiger partial charge on any atom is -0.380 e. The van der Waals surface area contributed by atoms with Crippen LogP contribution >= 0.6 is 0 Å². The first-order valence-electron chi connectivity index (χ1n) is 5.32. The fraction of sp³-hybridized carbons (Fsp3) is 0.333. The van der Waals surface area contributed by atoms with Gasteiger partial charge in [0.05, 0.1) is 0 Å². The van der Waals surface area contributed by atoms with Gasteiger partial charge < -0.3 is 4.18 Å². The van der Waals surface area contributed by atoms with Gasteiger partial charge in [-0.3, -0.25) is 9.11 Å². The number of rotatable bonds is 6. The van der Waals surface area contributed by atoms with Crippen LogP contribution in [0.3, 0.4) is 0 Å². The van der Waals surface area contributed by atoms with Gasteiger partial charge in [-0.1, -0.05) is 25.1 Å². The Morgan fingerprint density at radius 1 is 0.952 bits per heavy atom. The number of hydrogen-bond donors (Lipinski definition) is 2. The van der Waals surface area contributed by atoms with E-state index in [1.54, 1.807) is 0 Å². The highest BCUT2D eigenvalue weighted by molar-refractivity contribution is 8.21. The van der Waals surface area contributed by atoms with E-state index in [9.17, 15) is 25.3 Å². The van der Waals surface area contributed by atoms with Gasteiger partial charge in [-0.25, -0.2) is 0 Å². The van der Waals surface area contributed by atoms with E-state index in [0.717, 1.165) is 19.1 Å². The monoisotopic (exact) mass is 360 g/mol. The summed E-state index contributed by atoms with van der Waals surface area (Å²) in [5.41, 5.74) is 0. The number of hydrogen-bond acceptors (Lipinski definition) is 7. The van der Waals surface area contributed by atoms with Crippen molar-refractivity contribution in [3.05, 3.63) is 30.3 Å². The Kier molecular flexibility index (Phi) is 4.70. The molecule has 0 radical (unpaired) electrons. The van der Waals surface area contributed by atoms with E-state index < -0.39 is 40.2 Å². The first-order chi connectivity index (χ1) is 9.39. The van der Waals surface area contributed by atoms with Crippen LogP contribution in [0.5, 0.6) is 5.75 Å². The fourth-order valence-electron chi connectivity index (χ4n) is 1.60. The molecule has 0 spiro atoms. The van der Waals surface area contributed by atoms with Gasteiger partial charge in [0.15, 0.2) is 0 Å². The van der Waals surface area contributed by atoms with Crippen LogP contribution in [0.2, 0.25) is 0 Å². The summed E-state index contributed by atoms with van der Waals surface area (Å²) in [7, 11) is -17.0. The van der Waals surface area contributed by atoms with Crippen LogP contribution in [-0.4, -0.2) is 37.8 Å². The summed E-state index contributed by atoms with van der Waals surface area (Å²) in [5.74, 6) is -0.386. The van der Waals surface area contributed by atoms with Crippen LogP contribution in [0, 0.1) is 0 Å². The van der Waals surface area contributed by atoms with E-state index >= 15 is 0 Å². The molecule has 1 aromatic rings. The zero-order valence-corrected chi connectivity index (χ0v) is 13.0. The molecule has 1 aromatic carbocycles. The Morgan fingerprint density at radius 2 is 1.38 bits per heavy atom. The molecule has 0 aliphatic heterocycles. The summed E-state index contributed by atoms with van der Waals surface area (Å²) in [6.07, 6.45) is -1.18. The lowest BCUT2D eigenvalue weighted by atomic mass is 10.3. The average Bonchev–Trinajstić information content (AvgIpc) is 2.26. The third kappa shape index (κ3) is 3.03. The summed E-state index contributed by atoms with van der Waals surface area (Å²) >= 11 is 0. The van der Waals surface area contributed by atoms with E-state index in [2.05, 4.69) is 4.18 Å². The predicted octanol–water partition coefficient (Wildman–Crippen LogP) is 0.235. The molecule has 0 saturated carbocycles. The fourth-order valence-corrected chi connectivity index (χ4v) is 6.51. The standard InChI is InChI=1S/C9H12O9S3/c1-2-9(19(10,11)12,20(13,14)15)21(16,17)18-8-6-4-3-5-7-8/h3-7H,2H2,1H3,(H,10,11,12)(H,13,14,15). The van der Waals surface area contributed by atoms with Crippen LogP contribution < -0.4 is 4.18 Å². The number of benzene rings is 1. The zero-order chi connectivity index (χ0) is 16.5. The highest BCUT2D eigenvalue weighted by atomic mass is 32.3. The molecule has 120 valence electrons. The lowest BCUT2D eigenvalue weighted by molar-refractivity contribution is 0.421. The summed E-state index contributed by atoms with van der Waals surface area (Å²) in [4.78, 5) is 0. The molecule has 0 aliphatic rings. The molecule has 0 atom stereocenters. The lowest BCUT2D eigenvalue weighted by Crippen LogP contribution is -2.53. The molecule has 0 aliphatic carbocycles. The minimum absolute atomic E-state index is 0.386. The maximum absolute atomic E-state index is 12.0. The summed E-state index contributed by atoms with van der Waals surface area (Å²) in [5, 5.41) is 0. The summed E-state index contributed by atoms with van der Waals surface area (Å²) in [6.45, 7) is 0.841. The molecule has 0 heterocycles. The maximum Gasteiger partial charge on any atom is 0.355 e. The Balaban J connectivity index is 3.62. The van der Waals surface area contributed by atoms with Gasteiger partial charge in [0, 0.05) is 6.42 Å². The maximum atomic E-state index is 12.0. The molecular weight excluding hydrogens is 348 g/mol. The van der Waals surface area contributed by atoms with E-state index in [1.165, 1.54) is 18.2 Å². The van der Waals surface area contributed by atoms with Crippen molar-refractivity contribution in [1.29, 1.82) is 0 Å². The highest BCUT2D eigenvalue weighted by Crippen LogP contribution is 2.35. The first kappa shape index (κ1) is 17.8. The predicted molar refractivity (Wildman–Crippen MR) is 72.1 cm³/mol. The molecule has 0 bridgehead atoms. The second kappa shape index (κ2) is 5.53. The van der Waals surface area contributed by atoms with Gasteiger partial charge in [0.25, 0.3) is 0 Å². The van der Waals surface area contributed by atoms with Gasteiger partial charge in [-0.2, -0.15) is 25.3 Å². The van der Waals surface area contributed by atoms with Gasteiger partial charge in [0.1, 0.15) is 5.75 Å². The van der Waals surface area contributed by atoms with Gasteiger partial charge in [0.2, 0.25) is 0 Å². The van der Waals surface area contributed by atoms with E-state index in [4.69, 9.17) is 9.11 Å². The van der Waals surface area contributed by atoms with Crippen molar-refractivity contribution < 1.29 is 38.5 Å². The van der Waals surface area contributed by atoms with Crippen LogP contribution in [0.15, 0.2) is 30.3 Å². The van der Waals surface area contributed by atoms with Crippen LogP contribution in [0.25, 0.3) is 0 Å². The molecule has 1 rings (SSSR count). The zero-order valence-electron chi connectivity index (χ0n) is 10.6. The van der Waals surface area contributed by atoms with E-state index in [-0.39, 0.29) is 5.75 Å². The third-order valence-corrected chi connectivity index (χ3v) is 9.91. The van der Waals surface area contributed by atoms with Crippen LogP contribution in [0.1, 0.15) is 13.3 Å². The lowest BCUT2D eigenvalue weighted by Gasteiger charge is -2.25. The molecule has 2 N–H and O–H groups in total. The minimum atomic E-state index is -5.76. The Morgan fingerprint density at radius 3 is 1.71 bits per heavy atom. The van der Waals surface area contributed by atoms with Crippen LogP contribution in [-0.2, 0) is 30.4 Å². The smallest absolute Gasteiger partial charge is 0.355 e. The molecule has 0 fully saturated rings. The quantitative estimate of drug-likeness (QED) is 0.536. The van der Waals surface area contributed by atoms with Gasteiger partial charge in [-0.15, -0.1) is 0 Å². The first-order valence-corrected chi connectivity index (χ1v) is 9.61. The highest BCUT2D eigenvalue weighted by Gasteiger charge is 2.66. The van der Waals surface area contributed by atoms with Crippen molar-refractivity contribution in [1.82, 2.24) is 0 Å². The van der Waals surface area contributed by atoms with Gasteiger partial charge in [-0.05, 0) is 12.1 Å². The van der Waals surface area contributed by atoms with Gasteiger partial charge >= 0.3 is 33.8 Å². The molecule has 0 aromatic heterocycles. The van der Waals surface area contributed by atoms with Crippen molar-refractivity contribution >= 4 is 30.4 Å². The van der Waals surface area contributed by atoms with Crippen molar-refractivity contribution in [3.63, 3.8) is 0 Å². The Bertz CT molecular complexity index is 774. The molecule has 0 unspecified atom stereocenters. The average molecular weight is 360 g/mol. The summed E-state index contributed by atoms with van der Waals surface area (Å²) in [6, 6.07) is 6.43. The molecule has 0 amide bonds. The third-order valence-electron chi connectivity index (χ3n) is 2.55. The second-order valence-electron chi connectivity index (χ2n) is 3.84. The van der Waals surface area contributed by atoms with Crippen molar-refractivity contribution in [3.8, 4) is 5.75 Å². The molecule has 0 saturated heterocycles. The van der Waals surface area contributed by atoms with Crippen molar-refractivity contribution in [2.24, 2.45) is 0 Å². The molecular formula is C9H12O9S3. The molecule has 21 heavy (non-hydrogen) atoms. The largest absolute Gasteiger partial charge is 0.380 e. The number of para-hydroxylation sites is 1. The molecule has 9 nitrogen and oxygen atoms in total. The van der Waals surface area contributed by atoms with Crippen molar-refractivity contribution in [2.75, 3.05) is 0 Å². The second-order valence-corrected chi connectivity index (χ2v) is 9.68. The van der Waals surface area contributed by atoms with Crippen LogP contribution in [0.4, 0.5) is 0 Å². The normalized spacial score (nSPS) is 13.9. The topological polar surface area (TPSA) is 152 Å². The van der Waals surface area contributed by atoms with E-state index in [1.807, 2.05) is 0 Å². The summed E-state index contributed by atoms with van der Waals surface area (Å²) < 4.78 is 88.0. The van der Waals surface area contributed by atoms with Crippen molar-refractivity contribution in [2.45, 2.75) is 16.8 Å². The SMILES string of the molecule is CCC(S(=O)(=O)O)(S(=O)(=O)O)S(=O)(=O)Oc1ccccc1. The van der Waals surface area contributed by atoms with E-state index in [0.29, 0.717) is 0 Å².